The van der Waals surface area contributed by atoms with E-state index in [1.54, 1.807) is 16.9 Å². The van der Waals surface area contributed by atoms with Gasteiger partial charge in [-0.1, -0.05) is 42.5 Å². The average molecular weight is 425 g/mol. The molecular weight excluding hydrogens is 402 g/mol. The van der Waals surface area contributed by atoms with Gasteiger partial charge in [-0.3, -0.25) is 4.79 Å². The van der Waals surface area contributed by atoms with E-state index in [0.717, 1.165) is 24.0 Å². The fourth-order valence-corrected chi connectivity index (χ4v) is 3.87. The molecular formula is C25H23N5O2. The third-order valence-electron chi connectivity index (χ3n) is 5.62. The Kier molecular flexibility index (Phi) is 5.61. The number of piperidine rings is 1. The van der Waals surface area contributed by atoms with Gasteiger partial charge in [-0.15, -0.1) is 10.2 Å². The van der Waals surface area contributed by atoms with E-state index < -0.39 is 0 Å². The zero-order chi connectivity index (χ0) is 21.8. The highest BCUT2D eigenvalue weighted by molar-refractivity contribution is 5.94. The highest BCUT2D eigenvalue weighted by atomic mass is 16.5. The van der Waals surface area contributed by atoms with E-state index in [1.807, 2.05) is 65.7 Å². The Labute approximate surface area is 186 Å². The number of carbonyl (C=O) groups is 1. The van der Waals surface area contributed by atoms with Gasteiger partial charge in [-0.25, -0.2) is 4.68 Å². The van der Waals surface area contributed by atoms with Crippen LogP contribution in [-0.2, 0) is 0 Å². The number of nitrogens with zero attached hydrogens (tertiary/aromatic N) is 5. The zero-order valence-electron chi connectivity index (χ0n) is 17.5. The second-order valence-electron chi connectivity index (χ2n) is 7.73. The molecule has 1 fully saturated rings. The van der Waals surface area contributed by atoms with E-state index in [2.05, 4.69) is 27.4 Å². The van der Waals surface area contributed by atoms with Crippen molar-refractivity contribution in [3.8, 4) is 22.8 Å². The standard InChI is InChI=1S/C25H23N5O2/c31-25(21-9-7-20(8-10-21)19-5-2-1-3-6-19)29-17-13-22(14-18-29)32-24-12-11-23(27-28-24)30-16-4-15-26-30/h1-12,15-16,22H,13-14,17-18H2. The second-order valence-corrected chi connectivity index (χ2v) is 7.73. The van der Waals surface area contributed by atoms with Crippen LogP contribution in [0.2, 0.25) is 0 Å². The summed E-state index contributed by atoms with van der Waals surface area (Å²) >= 11 is 0. The first-order valence-corrected chi connectivity index (χ1v) is 10.7. The van der Waals surface area contributed by atoms with E-state index in [4.69, 9.17) is 4.74 Å². The van der Waals surface area contributed by atoms with Gasteiger partial charge in [0.15, 0.2) is 5.82 Å². The number of benzene rings is 2. The van der Waals surface area contributed by atoms with Crippen LogP contribution in [0.3, 0.4) is 0 Å². The van der Waals surface area contributed by atoms with Gasteiger partial charge < -0.3 is 9.64 Å². The SMILES string of the molecule is O=C(c1ccc(-c2ccccc2)cc1)N1CCC(Oc2ccc(-n3cccn3)nn2)CC1. The Morgan fingerprint density at radius 2 is 1.59 bits per heavy atom. The molecule has 0 radical (unpaired) electrons. The summed E-state index contributed by atoms with van der Waals surface area (Å²) in [7, 11) is 0. The number of ether oxygens (including phenoxy) is 1. The molecule has 1 aliphatic heterocycles. The first-order chi connectivity index (χ1) is 15.8. The molecule has 4 aromatic rings. The van der Waals surface area contributed by atoms with Crippen LogP contribution >= 0.6 is 0 Å². The number of amides is 1. The Morgan fingerprint density at radius 1 is 0.844 bits per heavy atom. The number of hydrogen-bond donors (Lipinski definition) is 0. The molecule has 7 heteroatoms. The Balaban J connectivity index is 1.15. The van der Waals surface area contributed by atoms with Crippen LogP contribution in [0.5, 0.6) is 5.88 Å². The smallest absolute Gasteiger partial charge is 0.253 e. The predicted octanol–water partition coefficient (Wildman–Crippen LogP) is 4.01. The van der Waals surface area contributed by atoms with Crippen LogP contribution < -0.4 is 4.74 Å². The minimum atomic E-state index is 0.0179. The molecule has 0 bridgehead atoms. The third kappa shape index (κ3) is 4.37. The molecule has 2 aromatic carbocycles. The lowest BCUT2D eigenvalue weighted by molar-refractivity contribution is 0.0586. The molecule has 0 saturated carbocycles. The van der Waals surface area contributed by atoms with Gasteiger partial charge >= 0.3 is 0 Å². The largest absolute Gasteiger partial charge is 0.473 e. The van der Waals surface area contributed by atoms with E-state index in [9.17, 15) is 4.79 Å². The topological polar surface area (TPSA) is 73.1 Å². The van der Waals surface area contributed by atoms with Gasteiger partial charge in [0.25, 0.3) is 5.91 Å². The van der Waals surface area contributed by atoms with Crippen LogP contribution in [-0.4, -0.2) is 50.0 Å². The molecule has 5 rings (SSSR count). The summed E-state index contributed by atoms with van der Waals surface area (Å²) in [6.45, 7) is 1.31. The van der Waals surface area contributed by atoms with E-state index >= 15 is 0 Å². The van der Waals surface area contributed by atoms with Crippen LogP contribution in [0.15, 0.2) is 85.2 Å². The highest BCUT2D eigenvalue weighted by Gasteiger charge is 2.25. The van der Waals surface area contributed by atoms with Gasteiger partial charge in [0, 0.05) is 50.0 Å². The van der Waals surface area contributed by atoms with E-state index in [-0.39, 0.29) is 12.0 Å². The fourth-order valence-electron chi connectivity index (χ4n) is 3.87. The molecule has 1 amide bonds. The normalized spacial score (nSPS) is 14.3. The summed E-state index contributed by atoms with van der Waals surface area (Å²) in [6.07, 6.45) is 5.04. The van der Waals surface area contributed by atoms with Gasteiger partial charge in [-0.05, 0) is 35.4 Å². The van der Waals surface area contributed by atoms with Crippen molar-refractivity contribution < 1.29 is 9.53 Å². The van der Waals surface area contributed by atoms with Gasteiger partial charge in [0.2, 0.25) is 5.88 Å². The summed E-state index contributed by atoms with van der Waals surface area (Å²) in [6, 6.07) is 23.4. The van der Waals surface area contributed by atoms with Crippen molar-refractivity contribution in [2.75, 3.05) is 13.1 Å². The second kappa shape index (κ2) is 9.01. The molecule has 3 heterocycles. The zero-order valence-corrected chi connectivity index (χ0v) is 17.5. The molecule has 1 saturated heterocycles. The minimum Gasteiger partial charge on any atom is -0.473 e. The first-order valence-electron chi connectivity index (χ1n) is 10.7. The Hall–Kier alpha value is -4.00. The molecule has 2 aromatic heterocycles. The average Bonchev–Trinajstić information content (AvgIpc) is 3.40. The molecule has 32 heavy (non-hydrogen) atoms. The van der Waals surface area contributed by atoms with Gasteiger partial charge in [0.1, 0.15) is 6.10 Å². The van der Waals surface area contributed by atoms with Crippen molar-refractivity contribution in [3.05, 3.63) is 90.8 Å². The van der Waals surface area contributed by atoms with Crippen LogP contribution in [0.4, 0.5) is 0 Å². The van der Waals surface area contributed by atoms with E-state index in [0.29, 0.717) is 30.4 Å². The maximum atomic E-state index is 12.9. The third-order valence-corrected chi connectivity index (χ3v) is 5.62. The predicted molar refractivity (Wildman–Crippen MR) is 121 cm³/mol. The molecule has 0 aliphatic carbocycles. The number of hydrogen-bond acceptors (Lipinski definition) is 5. The van der Waals surface area contributed by atoms with Crippen molar-refractivity contribution in [3.63, 3.8) is 0 Å². The lowest BCUT2D eigenvalue weighted by atomic mass is 10.0. The summed E-state index contributed by atoms with van der Waals surface area (Å²) in [4.78, 5) is 14.8. The first kappa shape index (κ1) is 19.9. The Bertz CT molecular complexity index is 1150. The summed E-state index contributed by atoms with van der Waals surface area (Å²) < 4.78 is 7.63. The van der Waals surface area contributed by atoms with Crippen molar-refractivity contribution in [2.45, 2.75) is 18.9 Å². The lowest BCUT2D eigenvalue weighted by Gasteiger charge is -2.32. The molecule has 160 valence electrons. The molecule has 0 N–H and O–H groups in total. The van der Waals surface area contributed by atoms with Crippen LogP contribution in [0, 0.1) is 0 Å². The number of likely N-dealkylation sites (tertiary alicyclic amines) is 1. The molecule has 1 aliphatic rings. The van der Waals surface area contributed by atoms with Crippen molar-refractivity contribution in [1.82, 2.24) is 24.9 Å². The number of carbonyl (C=O) groups excluding carboxylic acids is 1. The number of rotatable bonds is 5. The highest BCUT2D eigenvalue weighted by Crippen LogP contribution is 2.22. The van der Waals surface area contributed by atoms with Gasteiger partial charge in [-0.2, -0.15) is 5.10 Å². The molecule has 0 spiro atoms. The maximum absolute atomic E-state index is 12.9. The summed E-state index contributed by atoms with van der Waals surface area (Å²) in [5.41, 5.74) is 2.96. The maximum Gasteiger partial charge on any atom is 0.253 e. The van der Waals surface area contributed by atoms with Crippen LogP contribution in [0.25, 0.3) is 16.9 Å². The monoisotopic (exact) mass is 425 g/mol. The van der Waals surface area contributed by atoms with E-state index in [1.165, 1.54) is 0 Å². The Morgan fingerprint density at radius 3 is 2.25 bits per heavy atom. The molecule has 0 atom stereocenters. The van der Waals surface area contributed by atoms with Crippen molar-refractivity contribution in [2.24, 2.45) is 0 Å². The summed E-state index contributed by atoms with van der Waals surface area (Å²) in [5, 5.41) is 12.4. The van der Waals surface area contributed by atoms with Gasteiger partial charge in [0.05, 0.1) is 0 Å². The lowest BCUT2D eigenvalue weighted by Crippen LogP contribution is -2.41. The quantitative estimate of drug-likeness (QED) is 0.483. The summed E-state index contributed by atoms with van der Waals surface area (Å²) in [5.74, 6) is 1.19. The van der Waals surface area contributed by atoms with Crippen molar-refractivity contribution >= 4 is 5.91 Å². The minimum absolute atomic E-state index is 0.0179. The van der Waals surface area contributed by atoms with Crippen LogP contribution in [0.1, 0.15) is 23.2 Å². The molecule has 7 nitrogen and oxygen atoms in total. The molecule has 0 unspecified atom stereocenters. The number of aromatic nitrogens is 4. The van der Waals surface area contributed by atoms with Crippen molar-refractivity contribution in [1.29, 1.82) is 0 Å². The fraction of sp³-hybridized carbons (Fsp3) is 0.200.